The first-order valence-corrected chi connectivity index (χ1v) is 9.38. The summed E-state index contributed by atoms with van der Waals surface area (Å²) in [5.74, 6) is 0.930. The highest BCUT2D eigenvalue weighted by molar-refractivity contribution is 6.75. The molecule has 0 saturated carbocycles. The third-order valence-corrected chi connectivity index (χ3v) is 3.94. The Balaban J connectivity index is 3.33. The first-order valence-electron chi connectivity index (χ1n) is 5.68. The van der Waals surface area contributed by atoms with Crippen LogP contribution in [-0.4, -0.2) is 27.2 Å². The molecular weight excluding hydrogens is 250 g/mol. The monoisotopic (exact) mass is 269 g/mol. The third-order valence-electron chi connectivity index (χ3n) is 2.50. The predicted octanol–water partition coefficient (Wildman–Crippen LogP) is 3.03. The van der Waals surface area contributed by atoms with Crippen LogP contribution in [0.25, 0.3) is 0 Å². The lowest BCUT2D eigenvalue weighted by Gasteiger charge is -2.17. The molecule has 0 aliphatic carbocycles. The molecule has 100 valence electrons. The minimum absolute atomic E-state index is 0.107. The van der Waals surface area contributed by atoms with Crippen molar-refractivity contribution < 1.29 is 14.4 Å². The van der Waals surface area contributed by atoms with Crippen LogP contribution < -0.4 is 9.47 Å². The summed E-state index contributed by atoms with van der Waals surface area (Å²) in [5.41, 5.74) is 0.826. The number of hydrogen-bond acceptors (Lipinski definition) is 4. The molecule has 5 nitrogen and oxygen atoms in total. The van der Waals surface area contributed by atoms with Gasteiger partial charge in [-0.05, 0) is 12.1 Å². The maximum Gasteiger partial charge on any atom is 0.276 e. The lowest BCUT2D eigenvalue weighted by Crippen LogP contribution is -2.24. The Morgan fingerprint density at radius 1 is 1.17 bits per heavy atom. The van der Waals surface area contributed by atoms with Gasteiger partial charge < -0.3 is 9.47 Å². The molecule has 0 saturated heterocycles. The highest BCUT2D eigenvalue weighted by atomic mass is 28.3. The molecular formula is C12H19NO4Si. The van der Waals surface area contributed by atoms with E-state index in [0.717, 1.165) is 11.6 Å². The van der Waals surface area contributed by atoms with Gasteiger partial charge in [0.2, 0.25) is 0 Å². The largest absolute Gasteiger partial charge is 0.493 e. The number of methoxy groups -OCH3 is 2. The Morgan fingerprint density at radius 3 is 2.06 bits per heavy atom. The van der Waals surface area contributed by atoms with Crippen molar-refractivity contribution >= 4 is 13.8 Å². The standard InChI is InChI=1S/C12H19NO4Si/c1-16-11-6-9(8-18(3,4)5)10(13(14)15)7-12(11)17-2/h6-7H,8H2,1-5H3. The molecule has 0 unspecified atom stereocenters. The fourth-order valence-corrected chi connectivity index (χ4v) is 3.22. The van der Waals surface area contributed by atoms with Crippen molar-refractivity contribution in [3.63, 3.8) is 0 Å². The van der Waals surface area contributed by atoms with E-state index >= 15 is 0 Å². The molecule has 6 heteroatoms. The second kappa shape index (κ2) is 5.39. The summed E-state index contributed by atoms with van der Waals surface area (Å²) in [6.07, 6.45) is 0. The smallest absolute Gasteiger partial charge is 0.276 e. The Morgan fingerprint density at radius 2 is 1.67 bits per heavy atom. The van der Waals surface area contributed by atoms with Gasteiger partial charge in [-0.2, -0.15) is 0 Å². The molecule has 0 atom stereocenters. The van der Waals surface area contributed by atoms with Crippen LogP contribution in [-0.2, 0) is 6.04 Å². The number of benzene rings is 1. The maximum absolute atomic E-state index is 11.1. The van der Waals surface area contributed by atoms with Crippen LogP contribution in [0.3, 0.4) is 0 Å². The summed E-state index contributed by atoms with van der Waals surface area (Å²) >= 11 is 0. The first kappa shape index (κ1) is 14.5. The quantitative estimate of drug-likeness (QED) is 0.468. The molecule has 0 aliphatic heterocycles. The van der Waals surface area contributed by atoms with E-state index in [1.54, 1.807) is 6.07 Å². The molecule has 0 aromatic heterocycles. The molecule has 1 aromatic carbocycles. The van der Waals surface area contributed by atoms with Crippen LogP contribution in [0.5, 0.6) is 11.5 Å². The average molecular weight is 269 g/mol. The molecule has 0 aliphatic rings. The van der Waals surface area contributed by atoms with Crippen LogP contribution in [0.2, 0.25) is 19.6 Å². The van der Waals surface area contributed by atoms with Crippen LogP contribution in [0.4, 0.5) is 5.69 Å². The van der Waals surface area contributed by atoms with Crippen molar-refractivity contribution in [1.29, 1.82) is 0 Å². The number of rotatable bonds is 5. The second-order valence-corrected chi connectivity index (χ2v) is 10.8. The van der Waals surface area contributed by atoms with E-state index in [0.29, 0.717) is 11.5 Å². The van der Waals surface area contributed by atoms with Crippen LogP contribution >= 0.6 is 0 Å². The maximum atomic E-state index is 11.1. The molecule has 1 rings (SSSR count). The average Bonchev–Trinajstić information content (AvgIpc) is 2.25. The molecule has 0 heterocycles. The number of ether oxygens (including phenoxy) is 2. The summed E-state index contributed by atoms with van der Waals surface area (Å²) in [6, 6.07) is 3.90. The van der Waals surface area contributed by atoms with Crippen molar-refractivity contribution in [2.24, 2.45) is 0 Å². The van der Waals surface area contributed by atoms with Gasteiger partial charge in [0.1, 0.15) is 0 Å². The van der Waals surface area contributed by atoms with Gasteiger partial charge in [0, 0.05) is 13.6 Å². The van der Waals surface area contributed by atoms with E-state index in [2.05, 4.69) is 19.6 Å². The number of nitrogens with zero attached hydrogens (tertiary/aromatic N) is 1. The zero-order valence-electron chi connectivity index (χ0n) is 11.4. The SMILES string of the molecule is COc1cc(C[Si](C)(C)C)c([N+](=O)[O-])cc1OC. The first-order chi connectivity index (χ1) is 8.28. The topological polar surface area (TPSA) is 61.6 Å². The lowest BCUT2D eigenvalue weighted by molar-refractivity contribution is -0.385. The molecule has 18 heavy (non-hydrogen) atoms. The summed E-state index contributed by atoms with van der Waals surface area (Å²) in [5, 5.41) is 11.1. The van der Waals surface area contributed by atoms with Gasteiger partial charge in [-0.15, -0.1) is 0 Å². The van der Waals surface area contributed by atoms with Gasteiger partial charge in [0.15, 0.2) is 11.5 Å². The molecule has 0 fully saturated rings. The van der Waals surface area contributed by atoms with Crippen LogP contribution in [0, 0.1) is 10.1 Å². The van der Waals surface area contributed by atoms with Crippen molar-refractivity contribution in [2.75, 3.05) is 14.2 Å². The summed E-state index contributed by atoms with van der Waals surface area (Å²) in [7, 11) is 1.56. The van der Waals surface area contributed by atoms with Crippen molar-refractivity contribution in [3.8, 4) is 11.5 Å². The van der Waals surface area contributed by atoms with Crippen molar-refractivity contribution in [3.05, 3.63) is 27.8 Å². The number of hydrogen-bond donors (Lipinski definition) is 0. The van der Waals surface area contributed by atoms with E-state index in [1.807, 2.05) is 0 Å². The summed E-state index contributed by atoms with van der Waals surface area (Å²) in [6.45, 7) is 6.52. The fourth-order valence-electron chi connectivity index (χ4n) is 1.79. The third kappa shape index (κ3) is 3.46. The van der Waals surface area contributed by atoms with Gasteiger partial charge in [-0.1, -0.05) is 19.6 Å². The Kier molecular flexibility index (Phi) is 4.34. The minimum atomic E-state index is -1.44. The predicted molar refractivity (Wildman–Crippen MR) is 73.3 cm³/mol. The Labute approximate surface area is 108 Å². The highest BCUT2D eigenvalue weighted by Crippen LogP contribution is 2.35. The van der Waals surface area contributed by atoms with Gasteiger partial charge >= 0.3 is 0 Å². The minimum Gasteiger partial charge on any atom is -0.493 e. The molecule has 0 radical (unpaired) electrons. The van der Waals surface area contributed by atoms with E-state index < -0.39 is 8.07 Å². The highest BCUT2D eigenvalue weighted by Gasteiger charge is 2.24. The summed E-state index contributed by atoms with van der Waals surface area (Å²) in [4.78, 5) is 10.7. The number of nitro benzene ring substituents is 1. The fraction of sp³-hybridized carbons (Fsp3) is 0.500. The van der Waals surface area contributed by atoms with Gasteiger partial charge in [0.05, 0.1) is 25.2 Å². The molecule has 0 N–H and O–H groups in total. The van der Waals surface area contributed by atoms with Gasteiger partial charge in [-0.3, -0.25) is 10.1 Å². The zero-order valence-corrected chi connectivity index (χ0v) is 12.4. The van der Waals surface area contributed by atoms with Gasteiger partial charge in [0.25, 0.3) is 5.69 Å². The van der Waals surface area contributed by atoms with E-state index in [1.165, 1.54) is 20.3 Å². The Bertz CT molecular complexity index is 454. The zero-order chi connectivity index (χ0) is 13.9. The summed E-state index contributed by atoms with van der Waals surface area (Å²) < 4.78 is 10.3. The van der Waals surface area contributed by atoms with E-state index in [4.69, 9.17) is 9.47 Å². The Hall–Kier alpha value is -1.56. The normalized spacial score (nSPS) is 11.2. The molecule has 0 amide bonds. The molecule has 0 bridgehead atoms. The number of nitro groups is 1. The van der Waals surface area contributed by atoms with Crippen LogP contribution in [0.1, 0.15) is 5.56 Å². The van der Waals surface area contributed by atoms with Crippen LogP contribution in [0.15, 0.2) is 12.1 Å². The van der Waals surface area contributed by atoms with E-state index in [9.17, 15) is 10.1 Å². The van der Waals surface area contributed by atoms with Crippen molar-refractivity contribution in [2.45, 2.75) is 25.7 Å². The molecule has 1 aromatic rings. The van der Waals surface area contributed by atoms with Gasteiger partial charge in [-0.25, -0.2) is 0 Å². The molecule has 0 spiro atoms. The second-order valence-electron chi connectivity index (χ2n) is 5.33. The lowest BCUT2D eigenvalue weighted by atomic mass is 10.2. The van der Waals surface area contributed by atoms with Crippen molar-refractivity contribution in [1.82, 2.24) is 0 Å². The van der Waals surface area contributed by atoms with E-state index in [-0.39, 0.29) is 10.6 Å².